The minimum absolute atomic E-state index is 0.00648. The lowest BCUT2D eigenvalue weighted by molar-refractivity contribution is -0.153. The molecule has 12 heteroatoms. The number of allylic oxidation sites excluding steroid dienone is 4. The molecule has 1 aliphatic heterocycles. The standard InChI is InChI=1S/C32H55NO7.C20H32O3.C9H16.C8H18O.C2H6/c1-5-9-11-13-15-17-19-38-30(35)21-26(22-31(36)39-20-18-16-14-12-10-6-2)23-32(37)40-28-24-27(7-3)33(25-28)29(34)8-4;1-5-8-9-10-11-12-13-23-20(7-3)16-18(14-17(4)21)15-19(22)6-2;1-2-6-9-7-4-3-5-8-9;1-2-3-4-5-6-7-8-9;1-2/h8,26-28H,4-7,9-25H2,1-3H3;6,18H,2-3,5,8-16H2,1,4H3;4,7,9H,2-3,5-6,8H2,1H3;9H,2-8H2,1H3;1-2H3/t27-,28-;;;;/m1..../s1. The molecule has 83 heavy (non-hydrogen) atoms. The number of carbonyl (C=O) groups excluding carboxylic acids is 6. The zero-order chi connectivity index (χ0) is 62.6. The highest BCUT2D eigenvalue weighted by Gasteiger charge is 2.36. The first-order chi connectivity index (χ1) is 40.2. The van der Waals surface area contributed by atoms with Crippen molar-refractivity contribution in [3.8, 4) is 0 Å². The van der Waals surface area contributed by atoms with Gasteiger partial charge in [-0.1, -0.05) is 228 Å². The van der Waals surface area contributed by atoms with E-state index in [1.807, 2.05) is 20.8 Å². The third-order valence-electron chi connectivity index (χ3n) is 14.8. The van der Waals surface area contributed by atoms with E-state index >= 15 is 0 Å². The Bertz CT molecular complexity index is 1660. The van der Waals surface area contributed by atoms with Gasteiger partial charge in [-0.25, -0.2) is 0 Å². The molecule has 0 saturated carbocycles. The number of ketones is 2. The summed E-state index contributed by atoms with van der Waals surface area (Å²) in [6.45, 7) is 31.3. The average molecular weight is 1170 g/mol. The predicted molar refractivity (Wildman–Crippen MR) is 345 cm³/mol. The number of esters is 3. The molecule has 0 aromatic rings. The lowest BCUT2D eigenvalue weighted by atomic mass is 9.92. The van der Waals surface area contributed by atoms with Crippen LogP contribution in [-0.4, -0.2) is 90.5 Å². The molecule has 0 aromatic heterocycles. The van der Waals surface area contributed by atoms with Crippen LogP contribution in [0.3, 0.4) is 0 Å². The van der Waals surface area contributed by atoms with Crippen molar-refractivity contribution in [1.82, 2.24) is 4.90 Å². The van der Waals surface area contributed by atoms with E-state index in [-0.39, 0.29) is 48.7 Å². The van der Waals surface area contributed by atoms with E-state index in [2.05, 4.69) is 72.2 Å². The fourth-order valence-corrected chi connectivity index (χ4v) is 10.0. The highest BCUT2D eigenvalue weighted by atomic mass is 16.5. The van der Waals surface area contributed by atoms with Gasteiger partial charge in [0.2, 0.25) is 5.91 Å². The minimum atomic E-state index is -0.559. The molecule has 0 radical (unpaired) electrons. The summed E-state index contributed by atoms with van der Waals surface area (Å²) in [5.74, 6) is -0.501. The number of unbranched alkanes of at least 4 members (excludes halogenated alkanes) is 20. The Morgan fingerprint density at radius 2 is 1.05 bits per heavy atom. The van der Waals surface area contributed by atoms with Crippen molar-refractivity contribution < 1.29 is 52.8 Å². The van der Waals surface area contributed by atoms with Gasteiger partial charge in [-0.15, -0.1) is 0 Å². The number of hydrogen-bond acceptors (Lipinski definition) is 11. The molecule has 1 amide bonds. The molecule has 1 saturated heterocycles. The van der Waals surface area contributed by atoms with Crippen molar-refractivity contribution in [3.05, 3.63) is 55.5 Å². The van der Waals surface area contributed by atoms with E-state index in [0.717, 1.165) is 70.1 Å². The first-order valence-electron chi connectivity index (χ1n) is 33.6. The fraction of sp³-hybridized carbons (Fsp3) is 0.789. The van der Waals surface area contributed by atoms with Gasteiger partial charge in [0, 0.05) is 57.6 Å². The summed E-state index contributed by atoms with van der Waals surface area (Å²) in [5.41, 5.74) is 2.80. The zero-order valence-corrected chi connectivity index (χ0v) is 55.0. The average Bonchev–Trinajstić information content (AvgIpc) is 4.16. The van der Waals surface area contributed by atoms with Crippen LogP contribution in [0.15, 0.2) is 55.5 Å². The van der Waals surface area contributed by atoms with Crippen LogP contribution in [0.25, 0.3) is 0 Å². The highest BCUT2D eigenvalue weighted by molar-refractivity contribution is 5.89. The molecule has 1 heterocycles. The van der Waals surface area contributed by atoms with Gasteiger partial charge in [-0.05, 0) is 94.6 Å². The molecule has 2 unspecified atom stereocenters. The van der Waals surface area contributed by atoms with E-state index in [0.29, 0.717) is 64.4 Å². The van der Waals surface area contributed by atoms with Crippen LogP contribution in [-0.2, 0) is 47.7 Å². The highest BCUT2D eigenvalue weighted by Crippen LogP contribution is 2.26. The maximum absolute atomic E-state index is 12.8. The Balaban J connectivity index is -0.00000123. The molecule has 1 aliphatic carbocycles. The topological polar surface area (TPSA) is 163 Å². The fourth-order valence-electron chi connectivity index (χ4n) is 10.0. The summed E-state index contributed by atoms with van der Waals surface area (Å²) in [5, 5.41) is 8.42. The van der Waals surface area contributed by atoms with Gasteiger partial charge in [0.1, 0.15) is 17.6 Å². The molecule has 1 N–H and O–H groups in total. The van der Waals surface area contributed by atoms with Crippen molar-refractivity contribution in [2.45, 2.75) is 312 Å². The second kappa shape index (κ2) is 62.3. The monoisotopic (exact) mass is 1170 g/mol. The second-order valence-corrected chi connectivity index (χ2v) is 22.5. The van der Waals surface area contributed by atoms with Gasteiger partial charge in [0.15, 0.2) is 5.78 Å². The van der Waals surface area contributed by atoms with Crippen molar-refractivity contribution >= 4 is 35.4 Å². The molecular weight excluding hydrogens is 1040 g/mol. The molecular formula is C71H127NO11. The Morgan fingerprint density at radius 1 is 0.590 bits per heavy atom. The van der Waals surface area contributed by atoms with E-state index in [9.17, 15) is 28.8 Å². The van der Waals surface area contributed by atoms with Gasteiger partial charge >= 0.3 is 17.9 Å². The zero-order valence-electron chi connectivity index (χ0n) is 55.0. The number of likely N-dealkylation sites (tertiary alicyclic amines) is 1. The van der Waals surface area contributed by atoms with Crippen LogP contribution in [0, 0.1) is 17.8 Å². The number of nitrogens with zero attached hydrogens (tertiary/aromatic N) is 1. The quantitative estimate of drug-likeness (QED) is 0.0117. The van der Waals surface area contributed by atoms with Crippen LogP contribution in [0.5, 0.6) is 0 Å². The molecule has 12 nitrogen and oxygen atoms in total. The van der Waals surface area contributed by atoms with Crippen molar-refractivity contribution in [1.29, 1.82) is 0 Å². The van der Waals surface area contributed by atoms with Crippen LogP contribution in [0.2, 0.25) is 0 Å². The maximum Gasteiger partial charge on any atom is 0.306 e. The summed E-state index contributed by atoms with van der Waals surface area (Å²) < 4.78 is 22.2. The SMILES string of the molecule is C=C=C(CC(CC(C)=O)CC(=O)C=C)OCCCCCCCC.C=CC(=O)N1C[C@H](OC(=O)CC(CC(=O)OCCCCCCCC)CC(=O)OCCCCCCCC)C[C@H]1CC.CC.CCCC1C=CCCC1.CCCCCCCCO. The summed E-state index contributed by atoms with van der Waals surface area (Å²) in [4.78, 5) is 74.6. The molecule has 4 atom stereocenters. The predicted octanol–water partition coefficient (Wildman–Crippen LogP) is 18.4. The number of hydrogen-bond donors (Lipinski definition) is 1. The first kappa shape index (κ1) is 82.9. The van der Waals surface area contributed by atoms with Gasteiger partial charge in [-0.2, -0.15) is 0 Å². The molecule has 482 valence electrons. The number of Topliss-reactive ketones (excluding diaryl/α,β-unsaturated/α-hetero) is 1. The molecule has 2 rings (SSSR count). The third kappa shape index (κ3) is 53.0. The molecule has 2 aliphatic rings. The molecule has 0 bridgehead atoms. The molecule has 0 spiro atoms. The van der Waals surface area contributed by atoms with E-state index in [1.54, 1.807) is 11.8 Å². The molecule has 0 aromatic carbocycles. The normalized spacial score (nSPS) is 15.2. The van der Waals surface area contributed by atoms with Crippen molar-refractivity contribution in [3.63, 3.8) is 0 Å². The Morgan fingerprint density at radius 3 is 1.46 bits per heavy atom. The summed E-state index contributed by atoms with van der Waals surface area (Å²) >= 11 is 0. The maximum atomic E-state index is 12.8. The van der Waals surface area contributed by atoms with E-state index in [1.165, 1.54) is 141 Å². The van der Waals surface area contributed by atoms with Gasteiger partial charge < -0.3 is 33.7 Å². The first-order valence-corrected chi connectivity index (χ1v) is 33.6. The number of carbonyl (C=O) groups is 6. The van der Waals surface area contributed by atoms with Crippen LogP contribution < -0.4 is 0 Å². The van der Waals surface area contributed by atoms with Gasteiger partial charge in [0.25, 0.3) is 0 Å². The van der Waals surface area contributed by atoms with Crippen LogP contribution >= 0.6 is 0 Å². The lowest BCUT2D eigenvalue weighted by Crippen LogP contribution is -2.34. The van der Waals surface area contributed by atoms with Crippen LogP contribution in [0.1, 0.15) is 300 Å². The summed E-state index contributed by atoms with van der Waals surface area (Å²) in [6.07, 6.45) is 44.0. The van der Waals surface area contributed by atoms with Crippen molar-refractivity contribution in [2.75, 3.05) is 33.0 Å². The Hall–Kier alpha value is -4.28. The number of amides is 1. The number of aliphatic hydroxyl groups excluding tert-OH is 1. The van der Waals surface area contributed by atoms with E-state index < -0.39 is 29.9 Å². The summed E-state index contributed by atoms with van der Waals surface area (Å²) in [6, 6.07) is -0.00648. The summed E-state index contributed by atoms with van der Waals surface area (Å²) in [7, 11) is 0. The minimum Gasteiger partial charge on any atom is -0.490 e. The van der Waals surface area contributed by atoms with Crippen molar-refractivity contribution in [2.24, 2.45) is 17.8 Å². The third-order valence-corrected chi connectivity index (χ3v) is 14.8. The van der Waals surface area contributed by atoms with Gasteiger partial charge in [-0.3, -0.25) is 24.0 Å². The van der Waals surface area contributed by atoms with Gasteiger partial charge in [0.05, 0.1) is 26.4 Å². The molecule has 1 fully saturated rings. The second-order valence-electron chi connectivity index (χ2n) is 22.5. The van der Waals surface area contributed by atoms with Crippen LogP contribution in [0.4, 0.5) is 0 Å². The Labute approximate surface area is 509 Å². The number of ether oxygens (including phenoxy) is 4. The van der Waals surface area contributed by atoms with E-state index in [4.69, 9.17) is 24.1 Å². The lowest BCUT2D eigenvalue weighted by Gasteiger charge is -2.21. The largest absolute Gasteiger partial charge is 0.490 e. The Kier molecular flexibility index (Phi) is 62.2. The number of aliphatic hydroxyl groups is 1. The smallest absolute Gasteiger partial charge is 0.306 e. The number of rotatable bonds is 46.